The maximum absolute atomic E-state index is 14.1. The molecule has 2 fully saturated rings. The molecule has 2 aliphatic heterocycles. The first-order valence-electron chi connectivity index (χ1n) is 23.0. The van der Waals surface area contributed by atoms with Crippen LogP contribution in [0.2, 0.25) is 5.02 Å². The molecule has 1 aromatic heterocycles. The molecule has 1 atom stereocenters. The Hall–Kier alpha value is -5.77. The summed E-state index contributed by atoms with van der Waals surface area (Å²) in [6, 6.07) is 34.6. The Bertz CT molecular complexity index is 3010. The first-order chi connectivity index (χ1) is 33.9. The second kappa shape index (κ2) is 22.3. The maximum Gasteiger partial charge on any atom is 0.393 e. The molecule has 1 amide bonds. The summed E-state index contributed by atoms with van der Waals surface area (Å²) in [5.41, 5.74) is 3.60. The van der Waals surface area contributed by atoms with Crippen molar-refractivity contribution in [1.82, 2.24) is 19.2 Å². The smallest absolute Gasteiger partial charge is 0.393 e. The lowest BCUT2D eigenvalue weighted by Crippen LogP contribution is -2.46. The van der Waals surface area contributed by atoms with E-state index in [1.54, 1.807) is 64.9 Å². The predicted molar refractivity (Wildman–Crippen MR) is 275 cm³/mol. The molecular formula is C50H54ClF3N8O6S3. The highest BCUT2D eigenvalue weighted by molar-refractivity contribution is 7.99. The predicted octanol–water partition coefficient (Wildman–Crippen LogP) is 8.53. The number of anilines is 4. The standard InChI is InChI=1S/C50H54ClF3N8O6S3/c1-70(65,66)58-49(64)47-48(62(34-55-47)41-14-10-37(51)11-15-41)35-6-5-7-42(30-35)61-28-26-60(27-29-61)40-16-12-38(13-17-40)57-71(67,68)45-18-19-46(36(31-45)32-50(52,53)54)56-39(33-69-44-8-3-2-4-9-44)20-23-59-24-21-43(63)22-25-59/h2-19,30-31,34,39,43,56-57,63H,20-29,32-33H2,1H3,(H,58,64)/t39-/m1/s1. The van der Waals surface area contributed by atoms with Gasteiger partial charge in [0.15, 0.2) is 5.69 Å². The average molecular weight is 1050 g/mol. The van der Waals surface area contributed by atoms with Gasteiger partial charge in [-0.2, -0.15) is 13.2 Å². The molecule has 2 aliphatic rings. The quantitative estimate of drug-likeness (QED) is 0.0607. The molecule has 21 heteroatoms. The second-order valence-corrected chi connectivity index (χ2v) is 22.6. The van der Waals surface area contributed by atoms with Gasteiger partial charge < -0.3 is 25.1 Å². The number of aliphatic hydroxyl groups is 1. The molecule has 2 saturated heterocycles. The first kappa shape index (κ1) is 51.6. The van der Waals surface area contributed by atoms with Crippen molar-refractivity contribution in [3.8, 4) is 16.9 Å². The van der Waals surface area contributed by atoms with Gasteiger partial charge in [-0.25, -0.2) is 26.5 Å². The van der Waals surface area contributed by atoms with E-state index in [-0.39, 0.29) is 39.7 Å². The summed E-state index contributed by atoms with van der Waals surface area (Å²) >= 11 is 7.73. The van der Waals surface area contributed by atoms with Crippen molar-refractivity contribution in [1.29, 1.82) is 0 Å². The number of piperidine rings is 1. The number of nitrogens with one attached hydrogen (secondary N) is 3. The zero-order valence-electron chi connectivity index (χ0n) is 38.7. The molecule has 5 aromatic carbocycles. The van der Waals surface area contributed by atoms with E-state index in [1.165, 1.54) is 18.5 Å². The fraction of sp³-hybridized carbons (Fsp3) is 0.320. The molecule has 3 heterocycles. The fourth-order valence-corrected chi connectivity index (χ4v) is 11.3. The number of nitrogens with zero attached hydrogens (tertiary/aromatic N) is 5. The Morgan fingerprint density at radius 3 is 2.14 bits per heavy atom. The Labute approximate surface area is 421 Å². The Morgan fingerprint density at radius 2 is 1.48 bits per heavy atom. The molecule has 0 spiro atoms. The third-order valence-corrected chi connectivity index (χ3v) is 15.7. The highest BCUT2D eigenvalue weighted by Crippen LogP contribution is 2.34. The highest BCUT2D eigenvalue weighted by Gasteiger charge is 2.31. The third-order valence-electron chi connectivity index (χ3n) is 12.3. The van der Waals surface area contributed by atoms with Gasteiger partial charge in [-0.05, 0) is 116 Å². The number of aliphatic hydroxyl groups excluding tert-OH is 1. The van der Waals surface area contributed by atoms with Gasteiger partial charge in [0.05, 0.1) is 29.4 Å². The molecule has 0 bridgehead atoms. The van der Waals surface area contributed by atoms with Crippen molar-refractivity contribution in [3.63, 3.8) is 0 Å². The number of imidazole rings is 1. The van der Waals surface area contributed by atoms with Gasteiger partial charge in [0.1, 0.15) is 6.33 Å². The summed E-state index contributed by atoms with van der Waals surface area (Å²) in [5, 5.41) is 13.8. The third kappa shape index (κ3) is 14.0. The van der Waals surface area contributed by atoms with Crippen LogP contribution >= 0.6 is 23.4 Å². The number of hydrogen-bond acceptors (Lipinski definition) is 12. The van der Waals surface area contributed by atoms with E-state index in [0.717, 1.165) is 41.7 Å². The average Bonchev–Trinajstić information content (AvgIpc) is 3.79. The van der Waals surface area contributed by atoms with Crippen molar-refractivity contribution in [3.05, 3.63) is 144 Å². The van der Waals surface area contributed by atoms with E-state index in [9.17, 15) is 39.9 Å². The van der Waals surface area contributed by atoms with Crippen LogP contribution in [0.25, 0.3) is 16.9 Å². The highest BCUT2D eigenvalue weighted by atomic mass is 35.5. The molecule has 0 radical (unpaired) electrons. The zero-order chi connectivity index (χ0) is 50.3. The molecule has 8 rings (SSSR count). The molecule has 0 unspecified atom stereocenters. The van der Waals surface area contributed by atoms with Crippen LogP contribution in [-0.2, 0) is 26.5 Å². The van der Waals surface area contributed by atoms with E-state index in [2.05, 4.69) is 29.7 Å². The van der Waals surface area contributed by atoms with E-state index in [0.29, 0.717) is 79.7 Å². The number of likely N-dealkylation sites (tertiary alicyclic amines) is 1. The number of rotatable bonds is 18. The Balaban J connectivity index is 0.931. The molecule has 0 aliphatic carbocycles. The van der Waals surface area contributed by atoms with Gasteiger partial charge in [-0.3, -0.25) is 14.1 Å². The van der Waals surface area contributed by atoms with Crippen LogP contribution in [0, 0.1) is 0 Å². The number of halogens is 4. The summed E-state index contributed by atoms with van der Waals surface area (Å²) in [7, 11) is -8.18. The largest absolute Gasteiger partial charge is 0.393 e. The van der Waals surface area contributed by atoms with Crippen LogP contribution in [0.5, 0.6) is 0 Å². The number of alkyl halides is 3. The summed E-state index contributed by atoms with van der Waals surface area (Å²) in [5.74, 6) is -0.306. The number of amides is 1. The summed E-state index contributed by atoms with van der Waals surface area (Å²) in [6.07, 6.45) is -1.92. The van der Waals surface area contributed by atoms with Gasteiger partial charge in [0, 0.05) is 102 Å². The van der Waals surface area contributed by atoms with Crippen molar-refractivity contribution < 1.29 is 39.9 Å². The number of carbonyl (C=O) groups is 1. The maximum atomic E-state index is 14.1. The summed E-state index contributed by atoms with van der Waals surface area (Å²) in [6.45, 7) is 4.60. The first-order valence-corrected chi connectivity index (χ1v) is 27.7. The minimum atomic E-state index is -4.60. The number of hydrogen-bond donors (Lipinski definition) is 4. The normalized spacial score (nSPS) is 15.6. The van der Waals surface area contributed by atoms with Crippen LogP contribution in [0.3, 0.4) is 0 Å². The lowest BCUT2D eigenvalue weighted by atomic mass is 10.1. The molecule has 6 aromatic rings. The van der Waals surface area contributed by atoms with Gasteiger partial charge in [-0.15, -0.1) is 11.8 Å². The summed E-state index contributed by atoms with van der Waals surface area (Å²) < 4.78 is 100. The fourth-order valence-electron chi connectivity index (χ4n) is 8.68. The lowest BCUT2D eigenvalue weighted by Gasteiger charge is -2.37. The number of benzene rings is 5. The Kier molecular flexibility index (Phi) is 16.2. The van der Waals surface area contributed by atoms with Crippen molar-refractivity contribution >= 4 is 72.1 Å². The topological polar surface area (TPSA) is 169 Å². The van der Waals surface area contributed by atoms with E-state index in [1.807, 2.05) is 59.3 Å². The van der Waals surface area contributed by atoms with E-state index < -0.39 is 38.6 Å². The molecular weight excluding hydrogens is 997 g/mol. The van der Waals surface area contributed by atoms with E-state index in [4.69, 9.17) is 11.6 Å². The molecule has 71 heavy (non-hydrogen) atoms. The minimum Gasteiger partial charge on any atom is -0.393 e. The zero-order valence-corrected chi connectivity index (χ0v) is 41.9. The van der Waals surface area contributed by atoms with Crippen LogP contribution in [-0.4, -0.2) is 118 Å². The van der Waals surface area contributed by atoms with Crippen LogP contribution in [0.15, 0.2) is 137 Å². The van der Waals surface area contributed by atoms with Gasteiger partial charge >= 0.3 is 6.18 Å². The van der Waals surface area contributed by atoms with Gasteiger partial charge in [0.2, 0.25) is 10.0 Å². The number of thioether (sulfide) groups is 1. The summed E-state index contributed by atoms with van der Waals surface area (Å²) in [4.78, 5) is 24.8. The number of aromatic nitrogens is 2. The SMILES string of the molecule is CS(=O)(=O)NC(=O)c1ncn(-c2ccc(Cl)cc2)c1-c1cccc(N2CCN(c3ccc(NS(=O)(=O)c4ccc(N[C@H](CCN5CCC(O)CC5)CSc5ccccc5)c(CC(F)(F)F)c4)cc3)CC2)c1. The van der Waals surface area contributed by atoms with E-state index >= 15 is 0 Å². The van der Waals surface area contributed by atoms with Gasteiger partial charge in [-0.1, -0.05) is 41.9 Å². The molecule has 14 nitrogen and oxygen atoms in total. The molecule has 4 N–H and O–H groups in total. The van der Waals surface area contributed by atoms with Gasteiger partial charge in [0.25, 0.3) is 15.9 Å². The lowest BCUT2D eigenvalue weighted by molar-refractivity contribution is -0.127. The molecule has 376 valence electrons. The number of piperazine rings is 1. The van der Waals surface area contributed by atoms with Crippen LogP contribution in [0.1, 0.15) is 35.3 Å². The van der Waals surface area contributed by atoms with Crippen molar-refractivity contribution in [2.45, 2.75) is 53.8 Å². The Morgan fingerprint density at radius 1 is 0.817 bits per heavy atom. The molecule has 0 saturated carbocycles. The van der Waals surface area contributed by atoms with Crippen molar-refractivity contribution in [2.24, 2.45) is 0 Å². The van der Waals surface area contributed by atoms with Crippen LogP contribution in [0.4, 0.5) is 35.9 Å². The second-order valence-electron chi connectivity index (χ2n) is 17.6. The number of carbonyl (C=O) groups excluding carboxylic acids is 1. The minimum absolute atomic E-state index is 0.0735. The monoisotopic (exact) mass is 1050 g/mol. The van der Waals surface area contributed by atoms with Crippen molar-refractivity contribution in [2.75, 3.05) is 77.7 Å². The number of sulfonamides is 2. The van der Waals surface area contributed by atoms with Crippen LogP contribution < -0.4 is 24.6 Å².